The van der Waals surface area contributed by atoms with Crippen LogP contribution in [-0.4, -0.2) is 66.4 Å². The Kier molecular flexibility index (Phi) is 5.45. The second-order valence-corrected chi connectivity index (χ2v) is 7.99. The molecule has 2 saturated heterocycles. The Morgan fingerprint density at radius 2 is 1.89 bits per heavy atom. The molecule has 0 radical (unpaired) electrons. The summed E-state index contributed by atoms with van der Waals surface area (Å²) in [5, 5.41) is 0. The number of ketones is 1. The first kappa shape index (κ1) is 18.4. The van der Waals surface area contributed by atoms with E-state index in [0.29, 0.717) is 31.7 Å². The lowest BCUT2D eigenvalue weighted by Crippen LogP contribution is -2.49. The molecule has 1 aromatic carbocycles. The van der Waals surface area contributed by atoms with E-state index in [-0.39, 0.29) is 17.6 Å². The first-order chi connectivity index (χ1) is 13.2. The van der Waals surface area contributed by atoms with E-state index in [2.05, 4.69) is 4.90 Å². The first-order valence-electron chi connectivity index (χ1n) is 10.2. The highest BCUT2D eigenvalue weighted by atomic mass is 16.5. The van der Waals surface area contributed by atoms with Crippen LogP contribution < -0.4 is 10.5 Å². The number of hydrogen-bond acceptors (Lipinski definition) is 5. The zero-order valence-electron chi connectivity index (χ0n) is 15.8. The molecule has 3 aliphatic rings. The van der Waals surface area contributed by atoms with Crippen molar-refractivity contribution in [3.63, 3.8) is 0 Å². The van der Waals surface area contributed by atoms with Gasteiger partial charge in [-0.3, -0.25) is 14.5 Å². The third kappa shape index (κ3) is 4.17. The molecule has 1 aromatic rings. The lowest BCUT2D eigenvalue weighted by molar-refractivity contribution is -0.133. The number of rotatable bonds is 9. The summed E-state index contributed by atoms with van der Waals surface area (Å²) >= 11 is 0. The molecule has 2 heterocycles. The topological polar surface area (TPSA) is 75.9 Å². The summed E-state index contributed by atoms with van der Waals surface area (Å²) in [5.41, 5.74) is 6.30. The van der Waals surface area contributed by atoms with E-state index in [4.69, 9.17) is 10.5 Å². The SMILES string of the molecule is NCCC(=O)N1C[C@@H]2C[C@H]1CN2CCCOc1ccc(C(=O)C2CC2)cc1. The minimum Gasteiger partial charge on any atom is -0.494 e. The molecule has 2 atom stereocenters. The van der Waals surface area contributed by atoms with Crippen molar-refractivity contribution in [1.29, 1.82) is 0 Å². The third-order valence-electron chi connectivity index (χ3n) is 5.98. The summed E-state index contributed by atoms with van der Waals surface area (Å²) in [5.74, 6) is 1.55. The maximum Gasteiger partial charge on any atom is 0.224 e. The van der Waals surface area contributed by atoms with E-state index in [1.54, 1.807) is 0 Å². The number of hydrogen-bond donors (Lipinski definition) is 1. The fourth-order valence-corrected chi connectivity index (χ4v) is 4.35. The van der Waals surface area contributed by atoms with Crippen molar-refractivity contribution < 1.29 is 14.3 Å². The van der Waals surface area contributed by atoms with E-state index in [0.717, 1.165) is 56.6 Å². The van der Waals surface area contributed by atoms with Crippen LogP contribution in [-0.2, 0) is 4.79 Å². The van der Waals surface area contributed by atoms with Crippen molar-refractivity contribution in [2.24, 2.45) is 11.7 Å². The predicted octanol–water partition coefficient (Wildman–Crippen LogP) is 1.68. The van der Waals surface area contributed by atoms with E-state index < -0.39 is 0 Å². The van der Waals surface area contributed by atoms with Crippen LogP contribution in [0, 0.1) is 5.92 Å². The smallest absolute Gasteiger partial charge is 0.224 e. The van der Waals surface area contributed by atoms with Gasteiger partial charge in [0.25, 0.3) is 0 Å². The fourth-order valence-electron chi connectivity index (χ4n) is 4.35. The molecule has 27 heavy (non-hydrogen) atoms. The number of nitrogens with zero attached hydrogens (tertiary/aromatic N) is 2. The molecule has 1 saturated carbocycles. The molecule has 1 amide bonds. The molecule has 0 spiro atoms. The number of ether oxygens (including phenoxy) is 1. The summed E-state index contributed by atoms with van der Waals surface area (Å²) < 4.78 is 5.83. The van der Waals surface area contributed by atoms with Crippen LogP contribution in [0.15, 0.2) is 24.3 Å². The molecule has 2 N–H and O–H groups in total. The predicted molar refractivity (Wildman–Crippen MR) is 103 cm³/mol. The first-order valence-corrected chi connectivity index (χ1v) is 10.2. The summed E-state index contributed by atoms with van der Waals surface area (Å²) in [7, 11) is 0. The molecule has 3 fully saturated rings. The number of fused-ring (bicyclic) bond motifs is 2. The highest BCUT2D eigenvalue weighted by Gasteiger charge is 2.44. The van der Waals surface area contributed by atoms with Gasteiger partial charge in [0.15, 0.2) is 5.78 Å². The monoisotopic (exact) mass is 371 g/mol. The number of Topliss-reactive ketones (excluding diaryl/α,β-unsaturated/α-hetero) is 1. The van der Waals surface area contributed by atoms with E-state index in [1.807, 2.05) is 29.2 Å². The Bertz CT molecular complexity index is 686. The lowest BCUT2D eigenvalue weighted by atomic mass is 10.1. The zero-order valence-corrected chi connectivity index (χ0v) is 15.8. The maximum atomic E-state index is 12.1. The van der Waals surface area contributed by atoms with Crippen LogP contribution in [0.4, 0.5) is 0 Å². The Balaban J connectivity index is 1.16. The van der Waals surface area contributed by atoms with Gasteiger partial charge in [0.2, 0.25) is 5.91 Å². The highest BCUT2D eigenvalue weighted by Crippen LogP contribution is 2.33. The summed E-state index contributed by atoms with van der Waals surface area (Å²) in [6.45, 7) is 3.92. The number of likely N-dealkylation sites (tertiary alicyclic amines) is 2. The van der Waals surface area contributed by atoms with Crippen molar-refractivity contribution in [3.05, 3.63) is 29.8 Å². The number of amides is 1. The molecule has 2 aliphatic heterocycles. The van der Waals surface area contributed by atoms with E-state index >= 15 is 0 Å². The normalized spacial score (nSPS) is 24.4. The molecule has 1 aliphatic carbocycles. The van der Waals surface area contributed by atoms with E-state index in [1.165, 1.54) is 0 Å². The molecular formula is C21H29N3O3. The van der Waals surface area contributed by atoms with Crippen LogP contribution in [0.1, 0.15) is 42.5 Å². The van der Waals surface area contributed by atoms with Crippen molar-refractivity contribution in [3.8, 4) is 5.75 Å². The average Bonchev–Trinajstić information content (AvgIpc) is 3.35. The van der Waals surface area contributed by atoms with Crippen LogP contribution in [0.5, 0.6) is 5.75 Å². The number of piperazine rings is 1. The highest BCUT2D eigenvalue weighted by molar-refractivity contribution is 5.99. The maximum absolute atomic E-state index is 12.1. The van der Waals surface area contributed by atoms with Crippen LogP contribution in [0.25, 0.3) is 0 Å². The minimum absolute atomic E-state index is 0.205. The van der Waals surface area contributed by atoms with Gasteiger partial charge < -0.3 is 15.4 Å². The van der Waals surface area contributed by atoms with Gasteiger partial charge in [-0.25, -0.2) is 0 Å². The van der Waals surface area contributed by atoms with Crippen molar-refractivity contribution in [1.82, 2.24) is 9.80 Å². The van der Waals surface area contributed by atoms with Crippen LogP contribution in [0.2, 0.25) is 0 Å². The Morgan fingerprint density at radius 1 is 1.11 bits per heavy atom. The molecule has 0 unspecified atom stereocenters. The lowest BCUT2D eigenvalue weighted by Gasteiger charge is -2.34. The molecule has 6 nitrogen and oxygen atoms in total. The van der Waals surface area contributed by atoms with Gasteiger partial charge in [-0.1, -0.05) is 0 Å². The quantitative estimate of drug-likeness (QED) is 0.528. The Labute approximate surface area is 160 Å². The van der Waals surface area contributed by atoms with E-state index in [9.17, 15) is 9.59 Å². The third-order valence-corrected chi connectivity index (χ3v) is 5.98. The summed E-state index contributed by atoms with van der Waals surface area (Å²) in [6, 6.07) is 8.41. The van der Waals surface area contributed by atoms with Crippen molar-refractivity contribution in [2.45, 2.75) is 44.2 Å². The number of carbonyl (C=O) groups is 2. The minimum atomic E-state index is 0.205. The largest absolute Gasteiger partial charge is 0.494 e. The van der Waals surface area contributed by atoms with Gasteiger partial charge in [-0.05, 0) is 49.9 Å². The number of carbonyl (C=O) groups excluding carboxylic acids is 2. The van der Waals surface area contributed by atoms with Gasteiger partial charge in [0, 0.05) is 56.2 Å². The fraction of sp³-hybridized carbons (Fsp3) is 0.619. The van der Waals surface area contributed by atoms with Gasteiger partial charge in [-0.2, -0.15) is 0 Å². The van der Waals surface area contributed by atoms with Crippen molar-refractivity contribution >= 4 is 11.7 Å². The van der Waals surface area contributed by atoms with Crippen LogP contribution >= 0.6 is 0 Å². The Morgan fingerprint density at radius 3 is 2.52 bits per heavy atom. The molecule has 4 rings (SSSR count). The standard InChI is InChI=1S/C21H29N3O3/c22-9-8-20(25)24-14-17-12-18(24)13-23(17)10-1-11-27-19-6-4-16(5-7-19)21(26)15-2-3-15/h4-7,15,17-18H,1-3,8-14,22H2/t17-,18-/m0/s1. The van der Waals surface area contributed by atoms with Gasteiger partial charge >= 0.3 is 0 Å². The van der Waals surface area contributed by atoms with Gasteiger partial charge in [0.1, 0.15) is 5.75 Å². The average molecular weight is 371 g/mol. The molecule has 146 valence electrons. The number of benzene rings is 1. The van der Waals surface area contributed by atoms with Gasteiger partial charge in [-0.15, -0.1) is 0 Å². The molecule has 6 heteroatoms. The summed E-state index contributed by atoms with van der Waals surface area (Å²) in [4.78, 5) is 28.6. The molecular weight excluding hydrogens is 342 g/mol. The molecule has 2 bridgehead atoms. The molecule has 0 aromatic heterocycles. The van der Waals surface area contributed by atoms with Gasteiger partial charge in [0.05, 0.1) is 6.61 Å². The number of nitrogens with two attached hydrogens (primary N) is 1. The van der Waals surface area contributed by atoms with Crippen LogP contribution in [0.3, 0.4) is 0 Å². The second-order valence-electron chi connectivity index (χ2n) is 7.99. The Hall–Kier alpha value is -1.92. The second kappa shape index (κ2) is 7.98. The van der Waals surface area contributed by atoms with Crippen molar-refractivity contribution in [2.75, 3.05) is 32.8 Å². The summed E-state index contributed by atoms with van der Waals surface area (Å²) in [6.07, 6.45) is 4.58. The zero-order chi connectivity index (χ0) is 18.8.